The van der Waals surface area contributed by atoms with E-state index in [1.807, 2.05) is 30.6 Å². The van der Waals surface area contributed by atoms with E-state index in [0.717, 1.165) is 41.6 Å². The standard InChI is InChI=1S/C25H30FN5OS/c1-4-12-30-18(2)15-22(19(30)3)23(32)17-33-25-28-27-24(16-29-13-6-5-7-14-29)31(25)21-10-8-20(26)9-11-21/h4,8-11,15H,1,5-7,12-14,16-17H2,2-3H3. The van der Waals surface area contributed by atoms with Crippen LogP contribution < -0.4 is 0 Å². The van der Waals surface area contributed by atoms with Gasteiger partial charge in [0.25, 0.3) is 0 Å². The normalized spacial score (nSPS) is 14.5. The van der Waals surface area contributed by atoms with Gasteiger partial charge in [-0.1, -0.05) is 24.3 Å². The van der Waals surface area contributed by atoms with E-state index in [4.69, 9.17) is 0 Å². The topological polar surface area (TPSA) is 56.0 Å². The Morgan fingerprint density at radius 2 is 1.88 bits per heavy atom. The van der Waals surface area contributed by atoms with Crippen molar-refractivity contribution < 1.29 is 9.18 Å². The van der Waals surface area contributed by atoms with Crippen molar-refractivity contribution in [2.24, 2.45) is 0 Å². The highest BCUT2D eigenvalue weighted by Crippen LogP contribution is 2.26. The summed E-state index contributed by atoms with van der Waals surface area (Å²) in [5.74, 6) is 0.822. The third-order valence-corrected chi connectivity index (χ3v) is 7.05. The van der Waals surface area contributed by atoms with E-state index in [0.29, 0.717) is 18.2 Å². The second kappa shape index (κ2) is 10.5. The van der Waals surface area contributed by atoms with Crippen molar-refractivity contribution in [1.82, 2.24) is 24.2 Å². The molecule has 174 valence electrons. The molecule has 3 heterocycles. The molecule has 6 nitrogen and oxygen atoms in total. The maximum Gasteiger partial charge on any atom is 0.196 e. The third kappa shape index (κ3) is 5.28. The summed E-state index contributed by atoms with van der Waals surface area (Å²) in [7, 11) is 0. The number of hydrogen-bond acceptors (Lipinski definition) is 5. The van der Waals surface area contributed by atoms with E-state index in [2.05, 4.69) is 26.2 Å². The first-order chi connectivity index (χ1) is 16.0. The smallest absolute Gasteiger partial charge is 0.196 e. The van der Waals surface area contributed by atoms with Gasteiger partial charge < -0.3 is 4.57 Å². The molecule has 0 bridgehead atoms. The number of rotatable bonds is 9. The van der Waals surface area contributed by atoms with Crippen molar-refractivity contribution in [2.45, 2.75) is 51.4 Å². The molecule has 1 aliphatic heterocycles. The number of halogens is 1. The van der Waals surface area contributed by atoms with Crippen LogP contribution in [-0.2, 0) is 13.1 Å². The number of aromatic nitrogens is 4. The molecule has 0 atom stereocenters. The number of ketones is 1. The zero-order chi connectivity index (χ0) is 23.4. The number of benzene rings is 1. The number of thioether (sulfide) groups is 1. The van der Waals surface area contributed by atoms with E-state index in [-0.39, 0.29) is 17.4 Å². The number of carbonyl (C=O) groups is 1. The molecule has 0 N–H and O–H groups in total. The Balaban J connectivity index is 1.57. The predicted molar refractivity (Wildman–Crippen MR) is 130 cm³/mol. The lowest BCUT2D eigenvalue weighted by Gasteiger charge is -2.26. The number of likely N-dealkylation sites (tertiary alicyclic amines) is 1. The summed E-state index contributed by atoms with van der Waals surface area (Å²) in [5, 5.41) is 9.50. The summed E-state index contributed by atoms with van der Waals surface area (Å²) >= 11 is 1.37. The SMILES string of the molecule is C=CCn1c(C)cc(C(=O)CSc2nnc(CN3CCCCC3)n2-c2ccc(F)cc2)c1C. The summed E-state index contributed by atoms with van der Waals surface area (Å²) in [4.78, 5) is 15.4. The second-order valence-corrected chi connectivity index (χ2v) is 9.39. The minimum absolute atomic E-state index is 0.0506. The van der Waals surface area contributed by atoms with E-state index in [1.54, 1.807) is 12.1 Å². The predicted octanol–water partition coefficient (Wildman–Crippen LogP) is 4.97. The molecular weight excluding hydrogens is 437 g/mol. The van der Waals surface area contributed by atoms with Crippen molar-refractivity contribution >= 4 is 17.5 Å². The highest BCUT2D eigenvalue weighted by atomic mass is 32.2. The molecule has 3 aromatic rings. The van der Waals surface area contributed by atoms with E-state index >= 15 is 0 Å². The minimum atomic E-state index is -0.288. The Labute approximate surface area is 198 Å². The van der Waals surface area contributed by atoms with Crippen LogP contribution in [0.3, 0.4) is 0 Å². The van der Waals surface area contributed by atoms with Gasteiger partial charge in [-0.15, -0.1) is 16.8 Å². The van der Waals surface area contributed by atoms with Crippen LogP contribution in [0.15, 0.2) is 48.1 Å². The van der Waals surface area contributed by atoms with Gasteiger partial charge in [0.1, 0.15) is 5.82 Å². The van der Waals surface area contributed by atoms with Gasteiger partial charge in [-0.25, -0.2) is 4.39 Å². The van der Waals surface area contributed by atoms with Gasteiger partial charge in [0.15, 0.2) is 16.8 Å². The summed E-state index contributed by atoms with van der Waals surface area (Å²) in [6, 6.07) is 8.27. The summed E-state index contributed by atoms with van der Waals surface area (Å²) in [6.45, 7) is 11.2. The van der Waals surface area contributed by atoms with E-state index in [1.165, 1.54) is 43.2 Å². The molecule has 4 rings (SSSR count). The highest BCUT2D eigenvalue weighted by Gasteiger charge is 2.21. The van der Waals surface area contributed by atoms with Gasteiger partial charge in [-0.05, 0) is 70.1 Å². The lowest BCUT2D eigenvalue weighted by Crippen LogP contribution is -2.30. The van der Waals surface area contributed by atoms with Crippen LogP contribution in [0.25, 0.3) is 5.69 Å². The second-order valence-electron chi connectivity index (χ2n) is 8.44. The third-order valence-electron chi connectivity index (χ3n) is 6.12. The first-order valence-corrected chi connectivity index (χ1v) is 12.3. The van der Waals surface area contributed by atoms with Crippen LogP contribution in [0, 0.1) is 19.7 Å². The van der Waals surface area contributed by atoms with Crippen LogP contribution in [0.5, 0.6) is 0 Å². The molecule has 0 amide bonds. The molecule has 33 heavy (non-hydrogen) atoms. The fourth-order valence-corrected chi connectivity index (χ4v) is 5.22. The molecular formula is C25H30FN5OS. The first kappa shape index (κ1) is 23.4. The lowest BCUT2D eigenvalue weighted by molar-refractivity contribution is 0.102. The Bertz CT molecular complexity index is 1130. The number of nitrogens with zero attached hydrogens (tertiary/aromatic N) is 5. The van der Waals surface area contributed by atoms with Crippen LogP contribution in [0.2, 0.25) is 0 Å². The minimum Gasteiger partial charge on any atom is -0.345 e. The molecule has 0 radical (unpaired) electrons. The summed E-state index contributed by atoms with van der Waals surface area (Å²) in [5.41, 5.74) is 3.51. The fraction of sp³-hybridized carbons (Fsp3) is 0.400. The van der Waals surface area contributed by atoms with Crippen LogP contribution in [-0.4, -0.2) is 48.9 Å². The maximum atomic E-state index is 13.6. The van der Waals surface area contributed by atoms with Gasteiger partial charge in [-0.3, -0.25) is 14.3 Å². The highest BCUT2D eigenvalue weighted by molar-refractivity contribution is 7.99. The van der Waals surface area contributed by atoms with Crippen LogP contribution >= 0.6 is 11.8 Å². The molecule has 0 spiro atoms. The summed E-state index contributed by atoms with van der Waals surface area (Å²) in [6.07, 6.45) is 5.46. The van der Waals surface area contributed by atoms with Crippen molar-refractivity contribution in [1.29, 1.82) is 0 Å². The molecule has 0 saturated carbocycles. The Morgan fingerprint density at radius 1 is 1.15 bits per heavy atom. The van der Waals surface area contributed by atoms with Gasteiger partial charge >= 0.3 is 0 Å². The molecule has 8 heteroatoms. The molecule has 1 aliphatic rings. The average Bonchev–Trinajstić information content (AvgIpc) is 3.34. The number of carbonyl (C=O) groups excluding carboxylic acids is 1. The van der Waals surface area contributed by atoms with E-state index < -0.39 is 0 Å². The van der Waals surface area contributed by atoms with Crippen molar-refractivity contribution in [3.63, 3.8) is 0 Å². The van der Waals surface area contributed by atoms with Crippen molar-refractivity contribution in [2.75, 3.05) is 18.8 Å². The van der Waals surface area contributed by atoms with Crippen LogP contribution in [0.4, 0.5) is 4.39 Å². The molecule has 2 aromatic heterocycles. The number of hydrogen-bond donors (Lipinski definition) is 0. The number of allylic oxidation sites excluding steroid dienone is 1. The molecule has 0 unspecified atom stereocenters. The zero-order valence-corrected chi connectivity index (χ0v) is 20.1. The van der Waals surface area contributed by atoms with Gasteiger partial charge in [0.2, 0.25) is 0 Å². The van der Waals surface area contributed by atoms with Gasteiger partial charge in [0.05, 0.1) is 12.3 Å². The van der Waals surface area contributed by atoms with Crippen molar-refractivity contribution in [3.05, 3.63) is 71.6 Å². The molecule has 0 aliphatic carbocycles. The Kier molecular flexibility index (Phi) is 7.45. The largest absolute Gasteiger partial charge is 0.345 e. The molecule has 1 saturated heterocycles. The lowest BCUT2D eigenvalue weighted by atomic mass is 10.1. The van der Waals surface area contributed by atoms with Crippen molar-refractivity contribution in [3.8, 4) is 5.69 Å². The monoisotopic (exact) mass is 467 g/mol. The van der Waals surface area contributed by atoms with Gasteiger partial charge in [0, 0.05) is 29.2 Å². The zero-order valence-electron chi connectivity index (χ0n) is 19.3. The number of Topliss-reactive ketones (excluding diaryl/α,β-unsaturated/α-hetero) is 1. The Morgan fingerprint density at radius 3 is 2.58 bits per heavy atom. The number of aryl methyl sites for hydroxylation is 1. The summed E-state index contributed by atoms with van der Waals surface area (Å²) < 4.78 is 17.6. The average molecular weight is 468 g/mol. The molecule has 1 fully saturated rings. The first-order valence-electron chi connectivity index (χ1n) is 11.3. The maximum absolute atomic E-state index is 13.6. The number of piperidine rings is 1. The van der Waals surface area contributed by atoms with Gasteiger partial charge in [-0.2, -0.15) is 0 Å². The van der Waals surface area contributed by atoms with E-state index in [9.17, 15) is 9.18 Å². The van der Waals surface area contributed by atoms with Crippen LogP contribution in [0.1, 0.15) is 46.8 Å². The quantitative estimate of drug-likeness (QED) is 0.253. The fourth-order valence-electron chi connectivity index (χ4n) is 4.36. The molecule has 1 aromatic carbocycles. The Hall–Kier alpha value is -2.71.